The summed E-state index contributed by atoms with van der Waals surface area (Å²) in [5.41, 5.74) is 1.45. The van der Waals surface area contributed by atoms with Crippen molar-refractivity contribution in [2.45, 2.75) is 43.9 Å². The van der Waals surface area contributed by atoms with E-state index in [0.29, 0.717) is 10.8 Å². The van der Waals surface area contributed by atoms with E-state index in [4.69, 9.17) is 11.6 Å². The third-order valence-electron chi connectivity index (χ3n) is 3.41. The molecule has 0 saturated heterocycles. The van der Waals surface area contributed by atoms with Crippen LogP contribution in [-0.4, -0.2) is 17.5 Å². The minimum absolute atomic E-state index is 0.303. The van der Waals surface area contributed by atoms with Gasteiger partial charge in [-0.1, -0.05) is 11.6 Å². The first-order valence-corrected chi connectivity index (χ1v) is 8.50. The molecule has 1 unspecified atom stereocenters. The van der Waals surface area contributed by atoms with Crippen LogP contribution in [0.2, 0.25) is 4.34 Å². The zero-order valence-electron chi connectivity index (χ0n) is 10.7. The number of thioether (sulfide) groups is 1. The first kappa shape index (κ1) is 13.7. The Labute approximate surface area is 117 Å². The number of halogens is 1. The SMILES string of the molecule is CSC(C)(C)CNC1CCCc2sc(Cl)cc21. The van der Waals surface area contributed by atoms with Gasteiger partial charge in [0.1, 0.15) is 0 Å². The van der Waals surface area contributed by atoms with Gasteiger partial charge in [-0.05, 0) is 51.0 Å². The van der Waals surface area contributed by atoms with Gasteiger partial charge in [-0.15, -0.1) is 11.3 Å². The Morgan fingerprint density at radius 1 is 1.59 bits per heavy atom. The van der Waals surface area contributed by atoms with Crippen LogP contribution in [-0.2, 0) is 6.42 Å². The number of aryl methyl sites for hydroxylation is 1. The lowest BCUT2D eigenvalue weighted by Gasteiger charge is -2.29. The molecule has 4 heteroatoms. The molecule has 1 heterocycles. The van der Waals surface area contributed by atoms with Crippen LogP contribution in [0.1, 0.15) is 43.2 Å². The molecule has 17 heavy (non-hydrogen) atoms. The molecule has 0 aromatic carbocycles. The number of fused-ring (bicyclic) bond motifs is 1. The second kappa shape index (κ2) is 5.52. The van der Waals surface area contributed by atoms with Gasteiger partial charge >= 0.3 is 0 Å². The average Bonchev–Trinajstić information content (AvgIpc) is 2.67. The van der Waals surface area contributed by atoms with Gasteiger partial charge in [0.25, 0.3) is 0 Å². The highest BCUT2D eigenvalue weighted by molar-refractivity contribution is 7.99. The molecule has 1 N–H and O–H groups in total. The van der Waals surface area contributed by atoms with E-state index in [-0.39, 0.29) is 0 Å². The van der Waals surface area contributed by atoms with E-state index in [9.17, 15) is 0 Å². The Morgan fingerprint density at radius 3 is 3.06 bits per heavy atom. The molecule has 1 aromatic rings. The molecule has 0 aliphatic heterocycles. The Hall–Kier alpha value is 0.300. The summed E-state index contributed by atoms with van der Waals surface area (Å²) in [5.74, 6) is 0. The van der Waals surface area contributed by atoms with Gasteiger partial charge in [-0.25, -0.2) is 0 Å². The van der Waals surface area contributed by atoms with Crippen LogP contribution >= 0.6 is 34.7 Å². The van der Waals surface area contributed by atoms with Crippen molar-refractivity contribution < 1.29 is 0 Å². The highest BCUT2D eigenvalue weighted by atomic mass is 35.5. The van der Waals surface area contributed by atoms with E-state index >= 15 is 0 Å². The number of hydrogen-bond acceptors (Lipinski definition) is 3. The molecule has 1 aliphatic carbocycles. The van der Waals surface area contributed by atoms with E-state index in [1.165, 1.54) is 29.7 Å². The normalized spacial score (nSPS) is 20.4. The minimum atomic E-state index is 0.303. The molecule has 1 nitrogen and oxygen atoms in total. The Kier molecular flexibility index (Phi) is 4.45. The van der Waals surface area contributed by atoms with Crippen molar-refractivity contribution in [1.29, 1.82) is 0 Å². The van der Waals surface area contributed by atoms with Gasteiger partial charge in [-0.2, -0.15) is 11.8 Å². The summed E-state index contributed by atoms with van der Waals surface area (Å²) >= 11 is 9.79. The number of thiophene rings is 1. The molecule has 0 amide bonds. The van der Waals surface area contributed by atoms with Gasteiger partial charge in [0.05, 0.1) is 4.34 Å². The van der Waals surface area contributed by atoms with E-state index in [1.807, 2.05) is 11.8 Å². The van der Waals surface area contributed by atoms with Gasteiger partial charge in [0.2, 0.25) is 0 Å². The number of rotatable bonds is 4. The fourth-order valence-corrected chi connectivity index (χ4v) is 3.79. The van der Waals surface area contributed by atoms with Gasteiger partial charge in [0, 0.05) is 22.2 Å². The van der Waals surface area contributed by atoms with Crippen molar-refractivity contribution in [3.05, 3.63) is 20.8 Å². The smallest absolute Gasteiger partial charge is 0.0934 e. The Morgan fingerprint density at radius 2 is 2.35 bits per heavy atom. The number of hydrogen-bond donors (Lipinski definition) is 1. The molecule has 2 rings (SSSR count). The summed E-state index contributed by atoms with van der Waals surface area (Å²) in [5, 5.41) is 3.71. The second-order valence-electron chi connectivity index (χ2n) is 5.22. The predicted octanol–water partition coefficient (Wildman–Crippen LogP) is 4.51. The van der Waals surface area contributed by atoms with Crippen LogP contribution < -0.4 is 5.32 Å². The molecule has 0 saturated carbocycles. The van der Waals surface area contributed by atoms with Gasteiger partial charge < -0.3 is 5.32 Å². The largest absolute Gasteiger partial charge is 0.309 e. The van der Waals surface area contributed by atoms with E-state index in [0.717, 1.165) is 10.9 Å². The van der Waals surface area contributed by atoms with Crippen molar-refractivity contribution in [3.63, 3.8) is 0 Å². The van der Waals surface area contributed by atoms with E-state index in [2.05, 4.69) is 31.5 Å². The maximum Gasteiger partial charge on any atom is 0.0934 e. The standard InChI is InChI=1S/C13H20ClNS2/c1-13(2,16-3)8-15-10-5-4-6-11-9(10)7-12(14)17-11/h7,10,15H,4-6,8H2,1-3H3. The van der Waals surface area contributed by atoms with Crippen LogP contribution in [0.25, 0.3) is 0 Å². The second-order valence-corrected chi connectivity index (χ2v) is 8.50. The molecule has 0 fully saturated rings. The molecule has 1 aliphatic rings. The summed E-state index contributed by atoms with van der Waals surface area (Å²) in [7, 11) is 0. The lowest BCUT2D eigenvalue weighted by Crippen LogP contribution is -2.35. The summed E-state index contributed by atoms with van der Waals surface area (Å²) in [4.78, 5) is 1.49. The monoisotopic (exact) mass is 289 g/mol. The Bertz CT molecular complexity index is 387. The van der Waals surface area contributed by atoms with Crippen molar-refractivity contribution in [2.24, 2.45) is 0 Å². The lowest BCUT2D eigenvalue weighted by molar-refractivity contribution is 0.443. The fraction of sp³-hybridized carbons (Fsp3) is 0.692. The zero-order valence-corrected chi connectivity index (χ0v) is 13.1. The summed E-state index contributed by atoms with van der Waals surface area (Å²) in [6, 6.07) is 2.67. The van der Waals surface area contributed by atoms with E-state index < -0.39 is 0 Å². The topological polar surface area (TPSA) is 12.0 Å². The summed E-state index contributed by atoms with van der Waals surface area (Å²) in [6.07, 6.45) is 5.90. The van der Waals surface area contributed by atoms with Crippen LogP contribution in [0.15, 0.2) is 6.07 Å². The molecular weight excluding hydrogens is 270 g/mol. The molecule has 1 atom stereocenters. The van der Waals surface area contributed by atoms with Crippen molar-refractivity contribution in [2.75, 3.05) is 12.8 Å². The lowest BCUT2D eigenvalue weighted by atomic mass is 9.93. The molecular formula is C13H20ClNS2. The molecule has 0 radical (unpaired) electrons. The van der Waals surface area contributed by atoms with Crippen molar-refractivity contribution in [1.82, 2.24) is 5.32 Å². The highest BCUT2D eigenvalue weighted by Gasteiger charge is 2.24. The highest BCUT2D eigenvalue weighted by Crippen LogP contribution is 2.38. The molecule has 96 valence electrons. The molecule has 1 aromatic heterocycles. The van der Waals surface area contributed by atoms with Crippen LogP contribution in [0.3, 0.4) is 0 Å². The van der Waals surface area contributed by atoms with Crippen LogP contribution in [0.4, 0.5) is 0 Å². The number of nitrogens with one attached hydrogen (secondary N) is 1. The third kappa shape index (κ3) is 3.40. The van der Waals surface area contributed by atoms with Crippen molar-refractivity contribution >= 4 is 34.7 Å². The van der Waals surface area contributed by atoms with Gasteiger partial charge in [0.15, 0.2) is 0 Å². The summed E-state index contributed by atoms with van der Waals surface area (Å²) < 4.78 is 1.24. The minimum Gasteiger partial charge on any atom is -0.309 e. The van der Waals surface area contributed by atoms with Crippen LogP contribution in [0.5, 0.6) is 0 Å². The fourth-order valence-electron chi connectivity index (χ4n) is 2.17. The Balaban J connectivity index is 2.03. The third-order valence-corrected chi connectivity index (χ3v) is 6.00. The quantitative estimate of drug-likeness (QED) is 0.875. The first-order valence-electron chi connectivity index (χ1n) is 6.08. The first-order chi connectivity index (χ1) is 8.02. The summed E-state index contributed by atoms with van der Waals surface area (Å²) in [6.45, 7) is 5.62. The van der Waals surface area contributed by atoms with E-state index in [1.54, 1.807) is 11.3 Å². The molecule has 0 bridgehead atoms. The maximum atomic E-state index is 6.12. The molecule has 0 spiro atoms. The predicted molar refractivity (Wildman–Crippen MR) is 80.6 cm³/mol. The van der Waals surface area contributed by atoms with Gasteiger partial charge in [-0.3, -0.25) is 0 Å². The zero-order chi connectivity index (χ0) is 12.5. The maximum absolute atomic E-state index is 6.12. The average molecular weight is 290 g/mol. The van der Waals surface area contributed by atoms with Crippen LogP contribution in [0, 0.1) is 0 Å². The van der Waals surface area contributed by atoms with Crippen molar-refractivity contribution in [3.8, 4) is 0 Å².